The monoisotopic (exact) mass is 355 g/mol. The Kier molecular flexibility index (Phi) is 5.65. The van der Waals surface area contributed by atoms with Gasteiger partial charge < -0.3 is 14.7 Å². The number of carboxylic acid groups (broad SMARTS) is 1. The van der Waals surface area contributed by atoms with Gasteiger partial charge in [-0.25, -0.2) is 13.6 Å². The van der Waals surface area contributed by atoms with Gasteiger partial charge in [0.05, 0.1) is 6.42 Å². The Hall–Kier alpha value is -2.18. The molecule has 138 valence electrons. The zero-order valence-electron chi connectivity index (χ0n) is 14.6. The summed E-state index contributed by atoms with van der Waals surface area (Å²) >= 11 is 0. The van der Waals surface area contributed by atoms with Gasteiger partial charge in [-0.1, -0.05) is 0 Å². The molecule has 2 rings (SSSR count). The lowest BCUT2D eigenvalue weighted by atomic mass is 9.89. The molecular weight excluding hydrogens is 332 g/mol. The van der Waals surface area contributed by atoms with E-state index < -0.39 is 35.7 Å². The maximum atomic E-state index is 14.4. The fraction of sp³-hybridized carbons (Fsp3) is 0.556. The summed E-state index contributed by atoms with van der Waals surface area (Å²) in [4.78, 5) is 24.4. The van der Waals surface area contributed by atoms with Crippen LogP contribution in [0.3, 0.4) is 0 Å². The summed E-state index contributed by atoms with van der Waals surface area (Å²) in [5, 5.41) is 8.74. The summed E-state index contributed by atoms with van der Waals surface area (Å²) in [5.74, 6) is -2.96. The van der Waals surface area contributed by atoms with Gasteiger partial charge in [-0.2, -0.15) is 0 Å². The predicted molar refractivity (Wildman–Crippen MR) is 87.5 cm³/mol. The molecule has 0 aliphatic carbocycles. The van der Waals surface area contributed by atoms with Gasteiger partial charge >= 0.3 is 12.1 Å². The Bertz CT molecular complexity index is 670. The van der Waals surface area contributed by atoms with Crippen LogP contribution in [-0.2, 0) is 16.0 Å². The number of aliphatic carboxylic acids is 1. The number of carbonyl (C=O) groups excluding carboxylic acids is 1. The Morgan fingerprint density at radius 2 is 1.96 bits per heavy atom. The number of amides is 1. The van der Waals surface area contributed by atoms with E-state index in [4.69, 9.17) is 9.84 Å². The van der Waals surface area contributed by atoms with Crippen molar-refractivity contribution in [2.45, 2.75) is 51.6 Å². The van der Waals surface area contributed by atoms with Crippen LogP contribution in [0.25, 0.3) is 0 Å². The summed E-state index contributed by atoms with van der Waals surface area (Å²) < 4.78 is 33.8. The summed E-state index contributed by atoms with van der Waals surface area (Å²) in [5.41, 5.74) is -0.645. The smallest absolute Gasteiger partial charge is 0.410 e. The normalized spacial score (nSPS) is 18.1. The number of carboxylic acids is 1. The molecule has 1 unspecified atom stereocenters. The fourth-order valence-electron chi connectivity index (χ4n) is 2.94. The Morgan fingerprint density at radius 3 is 2.56 bits per heavy atom. The van der Waals surface area contributed by atoms with Crippen LogP contribution in [0.2, 0.25) is 0 Å². The van der Waals surface area contributed by atoms with Gasteiger partial charge in [0, 0.05) is 24.6 Å². The van der Waals surface area contributed by atoms with Gasteiger partial charge in [0.2, 0.25) is 0 Å². The lowest BCUT2D eigenvalue weighted by molar-refractivity contribution is -0.136. The minimum Gasteiger partial charge on any atom is -0.481 e. The molecule has 1 atom stereocenters. The Labute approximate surface area is 145 Å². The van der Waals surface area contributed by atoms with Gasteiger partial charge in [0.1, 0.15) is 17.2 Å². The summed E-state index contributed by atoms with van der Waals surface area (Å²) in [6, 6.07) is 1.99. The molecule has 1 fully saturated rings. The van der Waals surface area contributed by atoms with Gasteiger partial charge in [-0.3, -0.25) is 4.79 Å². The topological polar surface area (TPSA) is 66.8 Å². The average molecular weight is 355 g/mol. The highest BCUT2D eigenvalue weighted by atomic mass is 19.1. The number of benzene rings is 1. The number of rotatable bonds is 3. The van der Waals surface area contributed by atoms with Crippen LogP contribution in [0.4, 0.5) is 13.6 Å². The molecule has 7 heteroatoms. The SMILES string of the molecule is CC(C)(C)OC(=O)N1CCCC(c2cc(F)c(CC(=O)O)cc2F)C1. The summed E-state index contributed by atoms with van der Waals surface area (Å²) in [7, 11) is 0. The molecule has 1 amide bonds. The zero-order chi connectivity index (χ0) is 18.8. The molecule has 1 aliphatic rings. The van der Waals surface area contributed by atoms with Gasteiger partial charge in [-0.15, -0.1) is 0 Å². The molecule has 0 radical (unpaired) electrons. The first-order chi connectivity index (χ1) is 11.6. The van der Waals surface area contributed by atoms with Crippen LogP contribution in [0.5, 0.6) is 0 Å². The fourth-order valence-corrected chi connectivity index (χ4v) is 2.94. The lowest BCUT2D eigenvalue weighted by Crippen LogP contribution is -2.42. The van der Waals surface area contributed by atoms with E-state index in [2.05, 4.69) is 0 Å². The maximum absolute atomic E-state index is 14.4. The Balaban J connectivity index is 2.17. The number of carbonyl (C=O) groups is 2. The molecule has 1 aromatic carbocycles. The highest BCUT2D eigenvalue weighted by Crippen LogP contribution is 2.31. The maximum Gasteiger partial charge on any atom is 0.410 e. The summed E-state index contributed by atoms with van der Waals surface area (Å²) in [6.07, 6.45) is 0.230. The van der Waals surface area contributed by atoms with Crippen molar-refractivity contribution in [1.29, 1.82) is 0 Å². The van der Waals surface area contributed by atoms with Crippen molar-refractivity contribution in [3.05, 3.63) is 34.9 Å². The third kappa shape index (κ3) is 5.14. The van der Waals surface area contributed by atoms with Crippen molar-refractivity contribution in [3.63, 3.8) is 0 Å². The molecule has 0 bridgehead atoms. The van der Waals surface area contributed by atoms with Crippen LogP contribution in [-0.4, -0.2) is 40.8 Å². The van der Waals surface area contributed by atoms with Crippen molar-refractivity contribution >= 4 is 12.1 Å². The van der Waals surface area contributed by atoms with Crippen LogP contribution in [0.15, 0.2) is 12.1 Å². The molecule has 25 heavy (non-hydrogen) atoms. The van der Waals surface area contributed by atoms with E-state index in [1.165, 1.54) is 4.90 Å². The van der Waals surface area contributed by atoms with Gasteiger partial charge in [-0.05, 0) is 51.3 Å². The molecule has 1 N–H and O–H groups in total. The van der Waals surface area contributed by atoms with Crippen molar-refractivity contribution in [1.82, 2.24) is 4.90 Å². The third-order valence-corrected chi connectivity index (χ3v) is 4.02. The van der Waals surface area contributed by atoms with E-state index in [9.17, 15) is 18.4 Å². The Morgan fingerprint density at radius 1 is 1.28 bits per heavy atom. The van der Waals surface area contributed by atoms with E-state index in [1.807, 2.05) is 0 Å². The second kappa shape index (κ2) is 7.37. The highest BCUT2D eigenvalue weighted by Gasteiger charge is 2.30. The van der Waals surface area contributed by atoms with Crippen LogP contribution >= 0.6 is 0 Å². The number of likely N-dealkylation sites (tertiary alicyclic amines) is 1. The molecule has 0 saturated carbocycles. The van der Waals surface area contributed by atoms with E-state index in [1.54, 1.807) is 20.8 Å². The van der Waals surface area contributed by atoms with E-state index in [-0.39, 0.29) is 23.6 Å². The quantitative estimate of drug-likeness (QED) is 0.898. The zero-order valence-corrected chi connectivity index (χ0v) is 14.6. The number of ether oxygens (including phenoxy) is 1. The van der Waals surface area contributed by atoms with Crippen molar-refractivity contribution in [2.24, 2.45) is 0 Å². The molecule has 0 spiro atoms. The average Bonchev–Trinajstić information content (AvgIpc) is 2.48. The number of halogens is 2. The molecule has 1 saturated heterocycles. The second-order valence-corrected chi connectivity index (χ2v) is 7.30. The minimum atomic E-state index is -1.22. The molecule has 5 nitrogen and oxygen atoms in total. The number of piperidine rings is 1. The number of hydrogen-bond acceptors (Lipinski definition) is 3. The first kappa shape index (κ1) is 19.1. The summed E-state index contributed by atoms with van der Waals surface area (Å²) in [6.45, 7) is 6.05. The lowest BCUT2D eigenvalue weighted by Gasteiger charge is -2.34. The van der Waals surface area contributed by atoms with Crippen molar-refractivity contribution in [2.75, 3.05) is 13.1 Å². The minimum absolute atomic E-state index is 0.167. The van der Waals surface area contributed by atoms with E-state index in [0.29, 0.717) is 19.4 Å². The first-order valence-corrected chi connectivity index (χ1v) is 8.24. The van der Waals surface area contributed by atoms with E-state index in [0.717, 1.165) is 12.1 Å². The molecule has 0 aromatic heterocycles. The number of nitrogens with zero attached hydrogens (tertiary/aromatic N) is 1. The molecular formula is C18H23F2NO4. The van der Waals surface area contributed by atoms with Crippen LogP contribution < -0.4 is 0 Å². The molecule has 1 aromatic rings. The molecule has 1 aliphatic heterocycles. The largest absolute Gasteiger partial charge is 0.481 e. The standard InChI is InChI=1S/C18H23F2NO4/c1-18(2,3)25-17(24)21-6-4-5-11(10-21)13-9-14(19)12(7-15(13)20)8-16(22)23/h7,9,11H,4-6,8,10H2,1-3H3,(H,22,23). The third-order valence-electron chi connectivity index (χ3n) is 4.02. The molecule has 1 heterocycles. The van der Waals surface area contributed by atoms with E-state index >= 15 is 0 Å². The van der Waals surface area contributed by atoms with Crippen LogP contribution in [0.1, 0.15) is 50.7 Å². The first-order valence-electron chi connectivity index (χ1n) is 8.24. The predicted octanol–water partition coefficient (Wildman–Crippen LogP) is 3.71. The van der Waals surface area contributed by atoms with Gasteiger partial charge in [0.25, 0.3) is 0 Å². The van der Waals surface area contributed by atoms with Crippen LogP contribution in [0, 0.1) is 11.6 Å². The second-order valence-electron chi connectivity index (χ2n) is 7.30. The van der Waals surface area contributed by atoms with Crippen molar-refractivity contribution in [3.8, 4) is 0 Å². The van der Waals surface area contributed by atoms with Crippen molar-refractivity contribution < 1.29 is 28.2 Å². The highest BCUT2D eigenvalue weighted by molar-refractivity contribution is 5.70. The van der Waals surface area contributed by atoms with Gasteiger partial charge in [0.15, 0.2) is 0 Å². The number of hydrogen-bond donors (Lipinski definition) is 1.